The molecule has 1 aliphatic heterocycles. The maximum absolute atomic E-state index is 11.1. The summed E-state index contributed by atoms with van der Waals surface area (Å²) in [6, 6.07) is 7.45. The van der Waals surface area contributed by atoms with E-state index in [2.05, 4.69) is 6.92 Å². The second-order valence-corrected chi connectivity index (χ2v) is 4.54. The van der Waals surface area contributed by atoms with E-state index in [9.17, 15) is 4.79 Å². The van der Waals surface area contributed by atoms with Gasteiger partial charge in [0.2, 0.25) is 5.91 Å². The van der Waals surface area contributed by atoms with Crippen LogP contribution in [0.5, 0.6) is 5.75 Å². The van der Waals surface area contributed by atoms with E-state index >= 15 is 0 Å². The Morgan fingerprint density at radius 2 is 2.00 bits per heavy atom. The summed E-state index contributed by atoms with van der Waals surface area (Å²) in [5.74, 6) is 0.606. The number of carbonyl (C=O) groups excluding carboxylic acids is 1. The first-order valence-corrected chi connectivity index (χ1v) is 6.06. The van der Waals surface area contributed by atoms with Gasteiger partial charge in [0.1, 0.15) is 11.9 Å². The highest BCUT2D eigenvalue weighted by Gasteiger charge is 2.22. The van der Waals surface area contributed by atoms with Crippen molar-refractivity contribution in [2.24, 2.45) is 0 Å². The van der Waals surface area contributed by atoms with Crippen molar-refractivity contribution in [2.45, 2.75) is 18.9 Å². The second kappa shape index (κ2) is 5.41. The number of amides is 1. The van der Waals surface area contributed by atoms with Crippen molar-refractivity contribution in [1.29, 1.82) is 0 Å². The van der Waals surface area contributed by atoms with Crippen molar-refractivity contribution in [3.05, 3.63) is 36.2 Å². The van der Waals surface area contributed by atoms with Crippen molar-refractivity contribution in [3.63, 3.8) is 0 Å². The van der Waals surface area contributed by atoms with Crippen LogP contribution in [0.1, 0.15) is 12.8 Å². The van der Waals surface area contributed by atoms with Crippen molar-refractivity contribution < 1.29 is 9.53 Å². The van der Waals surface area contributed by atoms with E-state index in [-0.39, 0.29) is 12.0 Å². The molecule has 0 spiro atoms. The molecule has 0 N–H and O–H groups in total. The topological polar surface area (TPSA) is 29.5 Å². The molecule has 1 radical (unpaired) electrons. The molecule has 0 aromatic heterocycles. The lowest BCUT2D eigenvalue weighted by molar-refractivity contribution is -0.128. The number of rotatable bonds is 2. The highest BCUT2D eigenvalue weighted by atomic mass is 35.5. The minimum absolute atomic E-state index is 0.110. The number of para-hydroxylation sites is 1. The van der Waals surface area contributed by atoms with E-state index in [1.54, 1.807) is 4.90 Å². The number of hydrogen-bond donors (Lipinski definition) is 0. The van der Waals surface area contributed by atoms with Gasteiger partial charge in [-0.1, -0.05) is 23.7 Å². The van der Waals surface area contributed by atoms with Gasteiger partial charge in [-0.15, -0.1) is 0 Å². The molecule has 0 bridgehead atoms. The van der Waals surface area contributed by atoms with Crippen LogP contribution in [-0.2, 0) is 4.79 Å². The zero-order chi connectivity index (χ0) is 12.3. The largest absolute Gasteiger partial charge is 0.489 e. The summed E-state index contributed by atoms with van der Waals surface area (Å²) < 4.78 is 5.82. The molecule has 1 aromatic carbocycles. The fourth-order valence-electron chi connectivity index (χ4n) is 1.94. The van der Waals surface area contributed by atoms with Crippen LogP contribution in [0.2, 0.25) is 5.02 Å². The predicted octanol–water partition coefficient (Wildman–Crippen LogP) is 2.54. The van der Waals surface area contributed by atoms with Gasteiger partial charge in [-0.2, -0.15) is 0 Å². The molecule has 0 atom stereocenters. The van der Waals surface area contributed by atoms with E-state index in [1.807, 2.05) is 24.3 Å². The third kappa shape index (κ3) is 3.13. The number of nitrogens with zero attached hydrogens (tertiary/aromatic N) is 1. The molecule has 3 nitrogen and oxygen atoms in total. The molecular weight excluding hydrogens is 238 g/mol. The molecule has 0 unspecified atom stereocenters. The Hall–Kier alpha value is -1.22. The minimum atomic E-state index is -0.110. The number of benzene rings is 1. The Balaban J connectivity index is 1.90. The summed E-state index contributed by atoms with van der Waals surface area (Å²) in [7, 11) is 0. The standard InChI is InChI=1S/C13H15ClNO2/c1-10(16)15-8-6-11(7-9-15)17-13-5-3-2-4-12(13)14/h2-5,11H,1,6-9H2. The molecule has 2 rings (SSSR count). The molecule has 17 heavy (non-hydrogen) atoms. The maximum atomic E-state index is 11.1. The second-order valence-electron chi connectivity index (χ2n) is 4.13. The van der Waals surface area contributed by atoms with Gasteiger partial charge in [0.15, 0.2) is 0 Å². The molecule has 91 valence electrons. The number of ether oxygens (including phenoxy) is 1. The average Bonchev–Trinajstić information content (AvgIpc) is 2.33. The lowest BCUT2D eigenvalue weighted by atomic mass is 10.1. The first-order valence-electron chi connectivity index (χ1n) is 5.69. The lowest BCUT2D eigenvalue weighted by Crippen LogP contribution is -2.40. The molecule has 0 aliphatic carbocycles. The Morgan fingerprint density at radius 3 is 2.59 bits per heavy atom. The Bertz CT molecular complexity index is 400. The third-order valence-electron chi connectivity index (χ3n) is 2.92. The fourth-order valence-corrected chi connectivity index (χ4v) is 2.12. The number of carbonyl (C=O) groups is 1. The summed E-state index contributed by atoms with van der Waals surface area (Å²) in [6.07, 6.45) is 1.78. The summed E-state index contributed by atoms with van der Waals surface area (Å²) in [5, 5.41) is 0.628. The predicted molar refractivity (Wildman–Crippen MR) is 67.0 cm³/mol. The first kappa shape index (κ1) is 12.2. The number of halogens is 1. The molecule has 1 amide bonds. The zero-order valence-electron chi connectivity index (χ0n) is 9.56. The highest BCUT2D eigenvalue weighted by molar-refractivity contribution is 6.32. The smallest absolute Gasteiger partial charge is 0.223 e. The first-order chi connectivity index (χ1) is 8.16. The van der Waals surface area contributed by atoms with Gasteiger partial charge in [-0.3, -0.25) is 4.79 Å². The van der Waals surface area contributed by atoms with Crippen molar-refractivity contribution in [1.82, 2.24) is 4.90 Å². The zero-order valence-corrected chi connectivity index (χ0v) is 10.3. The quantitative estimate of drug-likeness (QED) is 0.810. The molecule has 1 aliphatic rings. The van der Waals surface area contributed by atoms with Crippen LogP contribution >= 0.6 is 11.6 Å². The van der Waals surface area contributed by atoms with E-state index in [1.165, 1.54) is 0 Å². The Kier molecular flexibility index (Phi) is 3.89. The van der Waals surface area contributed by atoms with Crippen LogP contribution < -0.4 is 4.74 Å². The summed E-state index contributed by atoms with van der Waals surface area (Å²) in [4.78, 5) is 12.8. The molecule has 1 fully saturated rings. The maximum Gasteiger partial charge on any atom is 0.223 e. The monoisotopic (exact) mass is 252 g/mol. The van der Waals surface area contributed by atoms with Crippen molar-refractivity contribution in [3.8, 4) is 5.75 Å². The number of hydrogen-bond acceptors (Lipinski definition) is 2. The molecule has 1 saturated heterocycles. The molecule has 4 heteroatoms. The lowest BCUT2D eigenvalue weighted by Gasteiger charge is -2.31. The Labute approximate surface area is 106 Å². The van der Waals surface area contributed by atoms with Crippen molar-refractivity contribution in [2.75, 3.05) is 13.1 Å². The normalized spacial score (nSPS) is 16.9. The summed E-state index contributed by atoms with van der Waals surface area (Å²) in [6.45, 7) is 4.82. The molecule has 1 heterocycles. The number of likely N-dealkylation sites (tertiary alicyclic amines) is 1. The molecular formula is C13H15ClNO2. The van der Waals surface area contributed by atoms with Crippen LogP contribution in [0.15, 0.2) is 24.3 Å². The SMILES string of the molecule is [CH2]C(=O)N1CCC(Oc2ccccc2Cl)CC1. The Morgan fingerprint density at radius 1 is 1.35 bits per heavy atom. The van der Waals surface area contributed by atoms with Crippen LogP contribution in [0.4, 0.5) is 0 Å². The third-order valence-corrected chi connectivity index (χ3v) is 3.24. The van der Waals surface area contributed by atoms with E-state index < -0.39 is 0 Å². The van der Waals surface area contributed by atoms with E-state index in [4.69, 9.17) is 16.3 Å². The fraction of sp³-hybridized carbons (Fsp3) is 0.385. The van der Waals surface area contributed by atoms with Crippen LogP contribution in [0.3, 0.4) is 0 Å². The highest BCUT2D eigenvalue weighted by Crippen LogP contribution is 2.26. The molecule has 0 saturated carbocycles. The molecule has 1 aromatic rings. The van der Waals surface area contributed by atoms with Gasteiger partial charge in [-0.05, 0) is 12.1 Å². The summed E-state index contributed by atoms with van der Waals surface area (Å²) in [5.41, 5.74) is 0. The number of piperidine rings is 1. The summed E-state index contributed by atoms with van der Waals surface area (Å²) >= 11 is 6.02. The van der Waals surface area contributed by atoms with Gasteiger partial charge in [0.05, 0.1) is 5.02 Å². The minimum Gasteiger partial charge on any atom is -0.489 e. The van der Waals surface area contributed by atoms with Crippen LogP contribution in [-0.4, -0.2) is 30.0 Å². The van der Waals surface area contributed by atoms with Crippen LogP contribution in [0.25, 0.3) is 0 Å². The van der Waals surface area contributed by atoms with E-state index in [0.29, 0.717) is 23.9 Å². The van der Waals surface area contributed by atoms with Gasteiger partial charge >= 0.3 is 0 Å². The van der Waals surface area contributed by atoms with Gasteiger partial charge in [-0.25, -0.2) is 0 Å². The van der Waals surface area contributed by atoms with Crippen molar-refractivity contribution >= 4 is 17.5 Å². The van der Waals surface area contributed by atoms with E-state index in [0.717, 1.165) is 12.8 Å². The van der Waals surface area contributed by atoms with Gasteiger partial charge in [0, 0.05) is 32.9 Å². The van der Waals surface area contributed by atoms with Gasteiger partial charge in [0.25, 0.3) is 0 Å². The van der Waals surface area contributed by atoms with Crippen LogP contribution in [0, 0.1) is 6.92 Å². The van der Waals surface area contributed by atoms with Gasteiger partial charge < -0.3 is 9.64 Å². The average molecular weight is 253 g/mol.